The fourth-order valence-electron chi connectivity index (χ4n) is 2.03. The second kappa shape index (κ2) is 6.35. The van der Waals surface area contributed by atoms with Crippen LogP contribution in [0.15, 0.2) is 0 Å². The molecule has 13 heavy (non-hydrogen) atoms. The van der Waals surface area contributed by atoms with E-state index >= 15 is 0 Å². The second-order valence-corrected chi connectivity index (χ2v) is 3.86. The molecule has 1 saturated heterocycles. The minimum absolute atomic E-state index is 0.843. The molecule has 0 amide bonds. The molecule has 1 heterocycles. The van der Waals surface area contributed by atoms with E-state index < -0.39 is 0 Å². The van der Waals surface area contributed by atoms with Gasteiger partial charge < -0.3 is 15.0 Å². The summed E-state index contributed by atoms with van der Waals surface area (Å²) in [5, 5.41) is 3.26. The molecule has 1 aliphatic heterocycles. The van der Waals surface area contributed by atoms with Crippen molar-refractivity contribution in [1.82, 2.24) is 10.2 Å². The van der Waals surface area contributed by atoms with Crippen molar-refractivity contribution in [3.05, 3.63) is 0 Å². The molecule has 1 N–H and O–H groups in total. The number of nitrogens with one attached hydrogen (secondary N) is 1. The minimum Gasteiger partial charge on any atom is -0.383 e. The molecule has 0 spiro atoms. The monoisotopic (exact) mass is 186 g/mol. The summed E-state index contributed by atoms with van der Waals surface area (Å²) in [5.41, 5.74) is 0. The van der Waals surface area contributed by atoms with Crippen LogP contribution >= 0.6 is 0 Å². The van der Waals surface area contributed by atoms with Crippen LogP contribution in [0, 0.1) is 5.92 Å². The number of hydrogen-bond acceptors (Lipinski definition) is 3. The van der Waals surface area contributed by atoms with Crippen LogP contribution in [0.1, 0.15) is 12.8 Å². The van der Waals surface area contributed by atoms with Gasteiger partial charge in [-0.15, -0.1) is 0 Å². The van der Waals surface area contributed by atoms with Crippen LogP contribution < -0.4 is 5.32 Å². The van der Waals surface area contributed by atoms with Gasteiger partial charge >= 0.3 is 0 Å². The highest BCUT2D eigenvalue weighted by Crippen LogP contribution is 2.14. The van der Waals surface area contributed by atoms with Gasteiger partial charge in [0, 0.05) is 20.2 Å². The predicted octanol–water partition coefficient (Wildman–Crippen LogP) is 0.564. The average Bonchev–Trinajstić information content (AvgIpc) is 2.16. The van der Waals surface area contributed by atoms with E-state index in [1.807, 2.05) is 7.05 Å². The minimum atomic E-state index is 0.843. The van der Waals surface area contributed by atoms with Gasteiger partial charge in [0.2, 0.25) is 0 Å². The van der Waals surface area contributed by atoms with Crippen LogP contribution in [-0.4, -0.2) is 51.8 Å². The van der Waals surface area contributed by atoms with E-state index in [9.17, 15) is 0 Å². The van der Waals surface area contributed by atoms with E-state index in [1.165, 1.54) is 25.9 Å². The maximum absolute atomic E-state index is 5.08. The molecular weight excluding hydrogens is 164 g/mol. The first-order valence-corrected chi connectivity index (χ1v) is 5.22. The van der Waals surface area contributed by atoms with Gasteiger partial charge in [-0.25, -0.2) is 0 Å². The standard InChI is InChI=1S/C10H22N2O/c1-11-8-10-4-3-5-12(9-10)6-7-13-2/h10-11H,3-9H2,1-2H3. The van der Waals surface area contributed by atoms with Crippen molar-refractivity contribution in [3.63, 3.8) is 0 Å². The molecule has 1 rings (SSSR count). The van der Waals surface area contributed by atoms with E-state index in [4.69, 9.17) is 4.74 Å². The number of piperidine rings is 1. The highest BCUT2D eigenvalue weighted by Gasteiger charge is 2.18. The molecule has 0 radical (unpaired) electrons. The molecule has 1 atom stereocenters. The number of rotatable bonds is 5. The Morgan fingerprint density at radius 1 is 1.54 bits per heavy atom. The third-order valence-corrected chi connectivity index (χ3v) is 2.71. The third kappa shape index (κ3) is 4.07. The van der Waals surface area contributed by atoms with E-state index in [2.05, 4.69) is 10.2 Å². The molecule has 78 valence electrons. The summed E-state index contributed by atoms with van der Waals surface area (Å²) >= 11 is 0. The summed E-state index contributed by atoms with van der Waals surface area (Å²) in [4.78, 5) is 2.51. The summed E-state index contributed by atoms with van der Waals surface area (Å²) in [6, 6.07) is 0. The van der Waals surface area contributed by atoms with Gasteiger partial charge in [-0.05, 0) is 38.9 Å². The summed E-state index contributed by atoms with van der Waals surface area (Å²) in [7, 11) is 3.81. The van der Waals surface area contributed by atoms with Crippen molar-refractivity contribution < 1.29 is 4.74 Å². The molecule has 1 unspecified atom stereocenters. The molecule has 0 aromatic rings. The first-order valence-electron chi connectivity index (χ1n) is 5.22. The lowest BCUT2D eigenvalue weighted by molar-refractivity contribution is 0.115. The molecule has 0 aliphatic carbocycles. The second-order valence-electron chi connectivity index (χ2n) is 3.86. The summed E-state index contributed by atoms with van der Waals surface area (Å²) in [5.74, 6) is 0.843. The van der Waals surface area contributed by atoms with Gasteiger partial charge in [0.15, 0.2) is 0 Å². The SMILES string of the molecule is CNCC1CCCN(CCOC)C1. The van der Waals surface area contributed by atoms with Gasteiger partial charge in [0.05, 0.1) is 6.61 Å². The van der Waals surface area contributed by atoms with E-state index in [-0.39, 0.29) is 0 Å². The van der Waals surface area contributed by atoms with Gasteiger partial charge in [-0.1, -0.05) is 0 Å². The zero-order valence-electron chi connectivity index (χ0n) is 8.88. The maximum Gasteiger partial charge on any atom is 0.0589 e. The zero-order chi connectivity index (χ0) is 9.52. The first kappa shape index (κ1) is 11.0. The Kier molecular flexibility index (Phi) is 5.35. The number of hydrogen-bond donors (Lipinski definition) is 1. The van der Waals surface area contributed by atoms with Crippen LogP contribution in [0.25, 0.3) is 0 Å². The average molecular weight is 186 g/mol. The van der Waals surface area contributed by atoms with Crippen LogP contribution in [-0.2, 0) is 4.74 Å². The van der Waals surface area contributed by atoms with Crippen LogP contribution in [0.4, 0.5) is 0 Å². The zero-order valence-corrected chi connectivity index (χ0v) is 8.88. The van der Waals surface area contributed by atoms with E-state index in [0.717, 1.165) is 25.6 Å². The number of methoxy groups -OCH3 is 1. The predicted molar refractivity (Wildman–Crippen MR) is 55.0 cm³/mol. The highest BCUT2D eigenvalue weighted by molar-refractivity contribution is 4.73. The maximum atomic E-state index is 5.08. The summed E-state index contributed by atoms with van der Waals surface area (Å²) in [6.07, 6.45) is 2.72. The smallest absolute Gasteiger partial charge is 0.0589 e. The largest absolute Gasteiger partial charge is 0.383 e. The Labute approximate surface area is 81.4 Å². The molecule has 0 bridgehead atoms. The lowest BCUT2D eigenvalue weighted by Gasteiger charge is -2.32. The van der Waals surface area contributed by atoms with Gasteiger partial charge in [-0.3, -0.25) is 0 Å². The highest BCUT2D eigenvalue weighted by atomic mass is 16.5. The van der Waals surface area contributed by atoms with Crippen LogP contribution in [0.3, 0.4) is 0 Å². The Morgan fingerprint density at radius 2 is 2.38 bits per heavy atom. The van der Waals surface area contributed by atoms with Gasteiger partial charge in [0.1, 0.15) is 0 Å². The van der Waals surface area contributed by atoms with Crippen molar-refractivity contribution in [1.29, 1.82) is 0 Å². The molecule has 0 aromatic carbocycles. The fraction of sp³-hybridized carbons (Fsp3) is 1.00. The molecule has 0 aromatic heterocycles. The van der Waals surface area contributed by atoms with Crippen LogP contribution in [0.2, 0.25) is 0 Å². The van der Waals surface area contributed by atoms with Crippen molar-refractivity contribution in [3.8, 4) is 0 Å². The van der Waals surface area contributed by atoms with Gasteiger partial charge in [-0.2, -0.15) is 0 Å². The molecular formula is C10H22N2O. The fourth-order valence-corrected chi connectivity index (χ4v) is 2.03. The molecule has 3 heteroatoms. The molecule has 0 saturated carbocycles. The van der Waals surface area contributed by atoms with E-state index in [1.54, 1.807) is 7.11 Å². The summed E-state index contributed by atoms with van der Waals surface area (Å²) in [6.45, 7) is 5.61. The van der Waals surface area contributed by atoms with Crippen molar-refractivity contribution in [2.24, 2.45) is 5.92 Å². The number of nitrogens with zero attached hydrogens (tertiary/aromatic N) is 1. The Morgan fingerprint density at radius 3 is 3.08 bits per heavy atom. The lowest BCUT2D eigenvalue weighted by atomic mass is 9.98. The molecule has 1 aliphatic rings. The van der Waals surface area contributed by atoms with Gasteiger partial charge in [0.25, 0.3) is 0 Å². The van der Waals surface area contributed by atoms with Crippen molar-refractivity contribution >= 4 is 0 Å². The van der Waals surface area contributed by atoms with Crippen molar-refractivity contribution in [2.45, 2.75) is 12.8 Å². The Bertz CT molecular complexity index is 128. The number of likely N-dealkylation sites (tertiary alicyclic amines) is 1. The Balaban J connectivity index is 2.16. The Hall–Kier alpha value is -0.120. The lowest BCUT2D eigenvalue weighted by Crippen LogP contribution is -2.40. The third-order valence-electron chi connectivity index (χ3n) is 2.71. The van der Waals surface area contributed by atoms with E-state index in [0.29, 0.717) is 0 Å². The molecule has 1 fully saturated rings. The summed E-state index contributed by atoms with van der Waals surface area (Å²) < 4.78 is 5.08. The normalized spacial score (nSPS) is 24.9. The molecule has 3 nitrogen and oxygen atoms in total. The topological polar surface area (TPSA) is 24.5 Å². The first-order chi connectivity index (χ1) is 6.36. The van der Waals surface area contributed by atoms with Crippen molar-refractivity contribution in [2.75, 3.05) is 46.9 Å². The number of ether oxygens (including phenoxy) is 1. The van der Waals surface area contributed by atoms with Crippen LogP contribution in [0.5, 0.6) is 0 Å². The quantitative estimate of drug-likeness (QED) is 0.679.